The molecule has 0 spiro atoms. The lowest BCUT2D eigenvalue weighted by molar-refractivity contribution is 0.199. The van der Waals surface area contributed by atoms with Crippen LogP contribution in [0, 0.1) is 6.92 Å². The van der Waals surface area contributed by atoms with Gasteiger partial charge in [0.1, 0.15) is 5.82 Å². The van der Waals surface area contributed by atoms with Gasteiger partial charge < -0.3 is 15.0 Å². The Morgan fingerprint density at radius 2 is 2.20 bits per heavy atom. The molecule has 1 unspecified atom stereocenters. The normalized spacial score (nSPS) is 19.6. The van der Waals surface area contributed by atoms with E-state index in [1.165, 1.54) is 30.6 Å². The molecule has 2 heterocycles. The predicted octanol–water partition coefficient (Wildman–Crippen LogP) is 1.84. The first-order valence-corrected chi connectivity index (χ1v) is 7.64. The van der Waals surface area contributed by atoms with E-state index in [1.807, 2.05) is 4.68 Å². The van der Waals surface area contributed by atoms with Crippen molar-refractivity contribution in [1.82, 2.24) is 15.1 Å². The molecule has 114 valence electrons. The summed E-state index contributed by atoms with van der Waals surface area (Å²) in [6.45, 7) is 8.05. The summed E-state index contributed by atoms with van der Waals surface area (Å²) in [5.41, 5.74) is 2.46. The van der Waals surface area contributed by atoms with Crippen molar-refractivity contribution in [3.8, 4) is 0 Å². The number of nitrogens with one attached hydrogen (secondary N) is 1. The van der Waals surface area contributed by atoms with Crippen LogP contribution < -0.4 is 10.2 Å². The molecule has 2 rings (SSSR count). The van der Waals surface area contributed by atoms with E-state index in [-0.39, 0.29) is 0 Å². The van der Waals surface area contributed by atoms with Crippen LogP contribution in [0.25, 0.3) is 0 Å². The van der Waals surface area contributed by atoms with Crippen LogP contribution in [0.5, 0.6) is 0 Å². The Labute approximate surface area is 122 Å². The topological polar surface area (TPSA) is 42.3 Å². The summed E-state index contributed by atoms with van der Waals surface area (Å²) in [4.78, 5) is 2.52. The molecular formula is C15H28N4O. The molecule has 1 aromatic heterocycles. The molecule has 0 amide bonds. The fourth-order valence-electron chi connectivity index (χ4n) is 3.06. The number of piperidine rings is 1. The highest BCUT2D eigenvalue weighted by atomic mass is 16.5. The Balaban J connectivity index is 2.14. The number of methoxy groups -OCH3 is 1. The first kappa shape index (κ1) is 15.3. The third kappa shape index (κ3) is 3.33. The summed E-state index contributed by atoms with van der Waals surface area (Å²) in [6, 6.07) is 0.608. The number of ether oxygens (including phenoxy) is 1. The van der Waals surface area contributed by atoms with Crippen molar-refractivity contribution in [1.29, 1.82) is 0 Å². The van der Waals surface area contributed by atoms with Gasteiger partial charge in [-0.1, -0.05) is 0 Å². The lowest BCUT2D eigenvalue weighted by atomic mass is 10.0. The third-order valence-corrected chi connectivity index (χ3v) is 4.17. The van der Waals surface area contributed by atoms with Gasteiger partial charge in [-0.3, -0.25) is 4.68 Å². The number of aryl methyl sites for hydroxylation is 2. The summed E-state index contributed by atoms with van der Waals surface area (Å²) in [7, 11) is 3.79. The third-order valence-electron chi connectivity index (χ3n) is 4.17. The predicted molar refractivity (Wildman–Crippen MR) is 82.2 cm³/mol. The van der Waals surface area contributed by atoms with Crippen LogP contribution in [-0.2, 0) is 18.3 Å². The maximum absolute atomic E-state index is 5.09. The highest BCUT2D eigenvalue weighted by Gasteiger charge is 2.25. The lowest BCUT2D eigenvalue weighted by Gasteiger charge is -2.35. The molecule has 1 saturated heterocycles. The van der Waals surface area contributed by atoms with Gasteiger partial charge in [0.15, 0.2) is 0 Å². The molecule has 1 aliphatic heterocycles. The van der Waals surface area contributed by atoms with Crippen LogP contribution in [0.2, 0.25) is 0 Å². The molecule has 5 nitrogen and oxygen atoms in total. The largest absolute Gasteiger partial charge is 0.383 e. The quantitative estimate of drug-likeness (QED) is 0.808. The number of aromatic nitrogens is 2. The molecule has 0 bridgehead atoms. The summed E-state index contributed by atoms with van der Waals surface area (Å²) in [5.74, 6) is 1.29. The van der Waals surface area contributed by atoms with Crippen LogP contribution in [0.15, 0.2) is 0 Å². The molecule has 0 aromatic carbocycles. The van der Waals surface area contributed by atoms with Crippen LogP contribution in [0.4, 0.5) is 5.82 Å². The molecule has 1 aliphatic rings. The Kier molecular flexibility index (Phi) is 5.43. The second-order valence-corrected chi connectivity index (χ2v) is 5.72. The standard InChI is InChI=1S/C15H28N4O/c1-12-7-5-6-9-19(12)15-14(11-16-8-10-20-4)13(2)17-18(15)3/h12,16H,5-11H2,1-4H3. The van der Waals surface area contributed by atoms with Gasteiger partial charge in [-0.15, -0.1) is 0 Å². The van der Waals surface area contributed by atoms with Gasteiger partial charge in [0.2, 0.25) is 0 Å². The molecule has 1 atom stereocenters. The summed E-state index contributed by atoms with van der Waals surface area (Å²) in [5, 5.41) is 8.07. The molecular weight excluding hydrogens is 252 g/mol. The van der Waals surface area contributed by atoms with Gasteiger partial charge in [-0.05, 0) is 33.1 Å². The number of rotatable bonds is 6. The van der Waals surface area contributed by atoms with E-state index in [9.17, 15) is 0 Å². The average Bonchev–Trinajstić information content (AvgIpc) is 2.70. The smallest absolute Gasteiger partial charge is 0.131 e. The molecule has 0 aliphatic carbocycles. The van der Waals surface area contributed by atoms with Crippen molar-refractivity contribution in [2.24, 2.45) is 7.05 Å². The fraction of sp³-hybridized carbons (Fsp3) is 0.800. The van der Waals surface area contributed by atoms with Gasteiger partial charge in [-0.2, -0.15) is 5.10 Å². The van der Waals surface area contributed by atoms with Gasteiger partial charge in [0, 0.05) is 45.4 Å². The second-order valence-electron chi connectivity index (χ2n) is 5.72. The zero-order valence-electron chi connectivity index (χ0n) is 13.3. The Hall–Kier alpha value is -1.07. The Bertz CT molecular complexity index is 430. The Morgan fingerprint density at radius 3 is 2.90 bits per heavy atom. The summed E-state index contributed by atoms with van der Waals surface area (Å²) >= 11 is 0. The molecule has 20 heavy (non-hydrogen) atoms. The minimum Gasteiger partial charge on any atom is -0.383 e. The monoisotopic (exact) mass is 280 g/mol. The minimum absolute atomic E-state index is 0.608. The van der Waals surface area contributed by atoms with Crippen LogP contribution >= 0.6 is 0 Å². The minimum atomic E-state index is 0.608. The van der Waals surface area contributed by atoms with E-state index in [0.29, 0.717) is 6.04 Å². The maximum Gasteiger partial charge on any atom is 0.131 e. The van der Waals surface area contributed by atoms with Crippen molar-refractivity contribution >= 4 is 5.82 Å². The van der Waals surface area contributed by atoms with E-state index in [1.54, 1.807) is 7.11 Å². The highest BCUT2D eigenvalue weighted by Crippen LogP contribution is 2.29. The van der Waals surface area contributed by atoms with Crippen molar-refractivity contribution in [2.45, 2.75) is 45.7 Å². The average molecular weight is 280 g/mol. The lowest BCUT2D eigenvalue weighted by Crippen LogP contribution is -2.39. The summed E-state index contributed by atoms with van der Waals surface area (Å²) < 4.78 is 7.13. The van der Waals surface area contributed by atoms with Crippen LogP contribution in [-0.4, -0.2) is 42.6 Å². The highest BCUT2D eigenvalue weighted by molar-refractivity contribution is 5.51. The summed E-state index contributed by atoms with van der Waals surface area (Å²) in [6.07, 6.45) is 3.90. The van der Waals surface area contributed by atoms with Gasteiger partial charge in [0.05, 0.1) is 12.3 Å². The van der Waals surface area contributed by atoms with E-state index in [0.717, 1.165) is 31.9 Å². The zero-order chi connectivity index (χ0) is 14.5. The molecule has 1 fully saturated rings. The van der Waals surface area contributed by atoms with E-state index in [4.69, 9.17) is 4.74 Å². The van der Waals surface area contributed by atoms with Crippen molar-refractivity contribution in [3.63, 3.8) is 0 Å². The van der Waals surface area contributed by atoms with Gasteiger partial charge in [0.25, 0.3) is 0 Å². The fourth-order valence-corrected chi connectivity index (χ4v) is 3.06. The van der Waals surface area contributed by atoms with Crippen molar-refractivity contribution < 1.29 is 4.74 Å². The first-order chi connectivity index (χ1) is 9.65. The number of hydrogen-bond donors (Lipinski definition) is 1. The van der Waals surface area contributed by atoms with Crippen molar-refractivity contribution in [3.05, 3.63) is 11.3 Å². The Morgan fingerprint density at radius 1 is 1.40 bits per heavy atom. The van der Waals surface area contributed by atoms with Gasteiger partial charge >= 0.3 is 0 Å². The molecule has 1 aromatic rings. The molecule has 0 radical (unpaired) electrons. The molecule has 0 saturated carbocycles. The van der Waals surface area contributed by atoms with E-state index < -0.39 is 0 Å². The number of hydrogen-bond acceptors (Lipinski definition) is 4. The van der Waals surface area contributed by atoms with E-state index >= 15 is 0 Å². The molecule has 1 N–H and O–H groups in total. The first-order valence-electron chi connectivity index (χ1n) is 7.64. The maximum atomic E-state index is 5.09. The van der Waals surface area contributed by atoms with E-state index in [2.05, 4.69) is 36.2 Å². The van der Waals surface area contributed by atoms with Gasteiger partial charge in [-0.25, -0.2) is 0 Å². The number of nitrogens with zero attached hydrogens (tertiary/aromatic N) is 3. The SMILES string of the molecule is COCCNCc1c(C)nn(C)c1N1CCCCC1C. The zero-order valence-corrected chi connectivity index (χ0v) is 13.3. The second kappa shape index (κ2) is 7.09. The van der Waals surface area contributed by atoms with Crippen molar-refractivity contribution in [2.75, 3.05) is 31.7 Å². The van der Waals surface area contributed by atoms with Crippen LogP contribution in [0.3, 0.4) is 0 Å². The number of anilines is 1. The van der Waals surface area contributed by atoms with Crippen LogP contribution in [0.1, 0.15) is 37.4 Å². The molecule has 5 heteroatoms.